The molecule has 2 heteroatoms. The number of nitrogens with one attached hydrogen (secondary N) is 2. The van der Waals surface area contributed by atoms with Crippen LogP contribution < -0.4 is 10.6 Å². The molecule has 2 aliphatic carbocycles. The molecule has 2 N–H and O–H groups in total. The van der Waals surface area contributed by atoms with Gasteiger partial charge in [0.15, 0.2) is 0 Å². The van der Waals surface area contributed by atoms with Crippen LogP contribution in [0.2, 0.25) is 0 Å². The minimum absolute atomic E-state index is 0.899. The van der Waals surface area contributed by atoms with Crippen LogP contribution in [0.5, 0.6) is 0 Å². The topological polar surface area (TPSA) is 24.1 Å². The normalized spacial score (nSPS) is 53.6. The van der Waals surface area contributed by atoms with Crippen LogP contribution in [0.25, 0.3) is 0 Å². The molecule has 2 nitrogen and oxygen atoms in total. The summed E-state index contributed by atoms with van der Waals surface area (Å²) in [5.41, 5.74) is 0. The highest BCUT2D eigenvalue weighted by Gasteiger charge is 2.45. The van der Waals surface area contributed by atoms with Gasteiger partial charge < -0.3 is 10.6 Å². The van der Waals surface area contributed by atoms with Crippen LogP contribution in [0.15, 0.2) is 0 Å². The molecule has 0 aromatic rings. The van der Waals surface area contributed by atoms with Crippen molar-refractivity contribution in [2.24, 2.45) is 23.7 Å². The zero-order valence-electron chi connectivity index (χ0n) is 10.8. The predicted molar refractivity (Wildman–Crippen MR) is 69.9 cm³/mol. The van der Waals surface area contributed by atoms with Crippen molar-refractivity contribution in [2.75, 3.05) is 13.1 Å². The fourth-order valence-electron chi connectivity index (χ4n) is 5.31. The summed E-state index contributed by atoms with van der Waals surface area (Å²) in [6.07, 6.45) is 10.5. The Kier molecular flexibility index (Phi) is 2.69. The Balaban J connectivity index is 1.42. The van der Waals surface area contributed by atoms with E-state index in [1.54, 1.807) is 0 Å². The summed E-state index contributed by atoms with van der Waals surface area (Å²) in [5.74, 6) is 4.13. The Morgan fingerprint density at radius 1 is 0.706 bits per heavy atom. The highest BCUT2D eigenvalue weighted by atomic mass is 15.0. The monoisotopic (exact) mass is 234 g/mol. The van der Waals surface area contributed by atoms with Gasteiger partial charge in [-0.2, -0.15) is 0 Å². The first kappa shape index (κ1) is 10.8. The Hall–Kier alpha value is -0.0800. The van der Waals surface area contributed by atoms with Crippen molar-refractivity contribution in [3.05, 3.63) is 0 Å². The van der Waals surface area contributed by atoms with E-state index in [1.165, 1.54) is 58.0 Å². The summed E-state index contributed by atoms with van der Waals surface area (Å²) in [4.78, 5) is 0. The molecule has 2 saturated heterocycles. The number of fused-ring (bicyclic) bond motifs is 3. The Morgan fingerprint density at radius 2 is 1.53 bits per heavy atom. The van der Waals surface area contributed by atoms with Crippen LogP contribution in [0.3, 0.4) is 0 Å². The highest BCUT2D eigenvalue weighted by molar-refractivity contribution is 5.01. The first-order valence-corrected chi connectivity index (χ1v) is 7.87. The second kappa shape index (κ2) is 4.24. The van der Waals surface area contributed by atoms with Gasteiger partial charge in [-0.1, -0.05) is 0 Å². The maximum absolute atomic E-state index is 3.94. The fourth-order valence-corrected chi connectivity index (χ4v) is 5.31. The lowest BCUT2D eigenvalue weighted by Crippen LogP contribution is -2.47. The summed E-state index contributed by atoms with van der Waals surface area (Å²) in [5, 5.41) is 7.52. The third-order valence-corrected chi connectivity index (χ3v) is 6.20. The lowest BCUT2D eigenvalue weighted by molar-refractivity contribution is 0.107. The molecule has 2 heterocycles. The van der Waals surface area contributed by atoms with Gasteiger partial charge in [-0.05, 0) is 81.7 Å². The van der Waals surface area contributed by atoms with Crippen molar-refractivity contribution in [1.82, 2.24) is 10.6 Å². The zero-order chi connectivity index (χ0) is 11.2. The van der Waals surface area contributed by atoms with Gasteiger partial charge >= 0.3 is 0 Å². The summed E-state index contributed by atoms with van der Waals surface area (Å²) in [6, 6.07) is 1.81. The summed E-state index contributed by atoms with van der Waals surface area (Å²) in [6.45, 7) is 2.58. The number of piperidine rings is 2. The van der Waals surface area contributed by atoms with Crippen LogP contribution in [-0.4, -0.2) is 25.2 Å². The molecule has 4 aliphatic rings. The Labute approximate surface area is 105 Å². The SMILES string of the molecule is C1CC2CC(C3NC4CCC3C4)CCC2CN1. The van der Waals surface area contributed by atoms with E-state index in [2.05, 4.69) is 10.6 Å². The molecule has 17 heavy (non-hydrogen) atoms. The van der Waals surface area contributed by atoms with Gasteiger partial charge in [-0.25, -0.2) is 0 Å². The molecule has 0 radical (unpaired) electrons. The number of hydrogen-bond acceptors (Lipinski definition) is 2. The molecule has 0 spiro atoms. The van der Waals surface area contributed by atoms with Gasteiger partial charge in [-0.15, -0.1) is 0 Å². The molecule has 2 saturated carbocycles. The standard InChI is InChI=1S/C15H26N2/c1-2-13-9-16-6-5-10(13)7-11(1)15-12-3-4-14(8-12)17-15/h10-17H,1-9H2. The predicted octanol–water partition coefficient (Wildman–Crippen LogP) is 2.15. The maximum atomic E-state index is 3.94. The average Bonchev–Trinajstić information content (AvgIpc) is 3.00. The van der Waals surface area contributed by atoms with E-state index in [0.717, 1.165) is 35.8 Å². The molecule has 0 aromatic heterocycles. The molecule has 2 bridgehead atoms. The van der Waals surface area contributed by atoms with E-state index in [1.807, 2.05) is 0 Å². The molecule has 96 valence electrons. The first-order valence-electron chi connectivity index (χ1n) is 7.87. The van der Waals surface area contributed by atoms with Gasteiger partial charge in [0.2, 0.25) is 0 Å². The van der Waals surface area contributed by atoms with Crippen molar-refractivity contribution in [3.8, 4) is 0 Å². The molecule has 6 atom stereocenters. The smallest absolute Gasteiger partial charge is 0.0127 e. The third-order valence-electron chi connectivity index (χ3n) is 6.20. The lowest BCUT2D eigenvalue weighted by Gasteiger charge is -2.43. The van der Waals surface area contributed by atoms with Gasteiger partial charge in [0.1, 0.15) is 0 Å². The van der Waals surface area contributed by atoms with Crippen molar-refractivity contribution in [1.29, 1.82) is 0 Å². The Morgan fingerprint density at radius 3 is 2.35 bits per heavy atom. The molecular formula is C15H26N2. The number of hydrogen-bond donors (Lipinski definition) is 2. The van der Waals surface area contributed by atoms with Crippen molar-refractivity contribution >= 4 is 0 Å². The molecular weight excluding hydrogens is 208 g/mol. The van der Waals surface area contributed by atoms with E-state index in [9.17, 15) is 0 Å². The first-order chi connectivity index (χ1) is 8.40. The minimum atomic E-state index is 0.899. The lowest BCUT2D eigenvalue weighted by atomic mass is 9.67. The molecule has 0 aromatic carbocycles. The van der Waals surface area contributed by atoms with E-state index >= 15 is 0 Å². The average molecular weight is 234 g/mol. The van der Waals surface area contributed by atoms with Crippen molar-refractivity contribution in [3.63, 3.8) is 0 Å². The van der Waals surface area contributed by atoms with Crippen LogP contribution in [0, 0.1) is 23.7 Å². The van der Waals surface area contributed by atoms with Gasteiger partial charge in [0.25, 0.3) is 0 Å². The molecule has 4 rings (SSSR count). The van der Waals surface area contributed by atoms with Gasteiger partial charge in [0.05, 0.1) is 0 Å². The highest BCUT2D eigenvalue weighted by Crippen LogP contribution is 2.45. The van der Waals surface area contributed by atoms with Crippen molar-refractivity contribution in [2.45, 2.75) is 57.0 Å². The van der Waals surface area contributed by atoms with Crippen LogP contribution >= 0.6 is 0 Å². The summed E-state index contributed by atoms with van der Waals surface area (Å²) < 4.78 is 0. The van der Waals surface area contributed by atoms with E-state index in [4.69, 9.17) is 0 Å². The van der Waals surface area contributed by atoms with Crippen LogP contribution in [-0.2, 0) is 0 Å². The van der Waals surface area contributed by atoms with Gasteiger partial charge in [-0.3, -0.25) is 0 Å². The second-order valence-corrected chi connectivity index (χ2v) is 7.05. The van der Waals surface area contributed by atoms with Gasteiger partial charge in [0, 0.05) is 12.1 Å². The summed E-state index contributed by atoms with van der Waals surface area (Å²) >= 11 is 0. The van der Waals surface area contributed by atoms with Crippen LogP contribution in [0.1, 0.15) is 44.9 Å². The number of rotatable bonds is 1. The largest absolute Gasteiger partial charge is 0.316 e. The Bertz CT molecular complexity index is 291. The fraction of sp³-hybridized carbons (Fsp3) is 1.00. The molecule has 2 aliphatic heterocycles. The molecule has 4 fully saturated rings. The zero-order valence-corrected chi connectivity index (χ0v) is 10.8. The van der Waals surface area contributed by atoms with E-state index < -0.39 is 0 Å². The molecule has 6 unspecified atom stereocenters. The second-order valence-electron chi connectivity index (χ2n) is 7.05. The maximum Gasteiger partial charge on any atom is 0.0127 e. The van der Waals surface area contributed by atoms with E-state index in [0.29, 0.717) is 0 Å². The minimum Gasteiger partial charge on any atom is -0.316 e. The quantitative estimate of drug-likeness (QED) is 0.726. The molecule has 0 amide bonds. The summed E-state index contributed by atoms with van der Waals surface area (Å²) in [7, 11) is 0. The van der Waals surface area contributed by atoms with E-state index in [-0.39, 0.29) is 0 Å². The van der Waals surface area contributed by atoms with Crippen molar-refractivity contribution < 1.29 is 0 Å². The van der Waals surface area contributed by atoms with Crippen LogP contribution in [0.4, 0.5) is 0 Å². The third kappa shape index (κ3) is 1.84.